The number of hydrogen-bond donors (Lipinski definition) is 2. The number of nitrogens with zero attached hydrogens (tertiary/aromatic N) is 2. The van der Waals surface area contributed by atoms with E-state index in [-0.39, 0.29) is 35.0 Å². The van der Waals surface area contributed by atoms with Crippen molar-refractivity contribution < 1.29 is 9.72 Å². The van der Waals surface area contributed by atoms with Crippen molar-refractivity contribution >= 4 is 29.7 Å². The number of piperidine rings is 2. The van der Waals surface area contributed by atoms with E-state index in [1.807, 2.05) is 0 Å². The van der Waals surface area contributed by atoms with Crippen LogP contribution in [0.25, 0.3) is 0 Å². The summed E-state index contributed by atoms with van der Waals surface area (Å²) in [6.45, 7) is 7.69. The van der Waals surface area contributed by atoms with Crippen molar-refractivity contribution in [3.8, 4) is 0 Å². The molecule has 0 bridgehead atoms. The lowest BCUT2D eigenvalue weighted by atomic mass is 9.91. The Labute approximate surface area is 166 Å². The van der Waals surface area contributed by atoms with E-state index in [1.54, 1.807) is 12.1 Å². The minimum atomic E-state index is -0.377. The molecule has 2 aliphatic rings. The summed E-state index contributed by atoms with van der Waals surface area (Å²) in [5.41, 5.74) is 0.981. The summed E-state index contributed by atoms with van der Waals surface area (Å²) in [7, 11) is 0. The van der Waals surface area contributed by atoms with E-state index in [1.165, 1.54) is 6.07 Å². The minimum absolute atomic E-state index is 0. The van der Waals surface area contributed by atoms with E-state index in [0.717, 1.165) is 45.4 Å². The van der Waals surface area contributed by atoms with E-state index in [9.17, 15) is 14.9 Å². The molecule has 2 aliphatic heterocycles. The van der Waals surface area contributed by atoms with Gasteiger partial charge in [-0.05, 0) is 49.8 Å². The molecule has 2 N–H and O–H groups in total. The summed E-state index contributed by atoms with van der Waals surface area (Å²) in [5, 5.41) is 17.9. The van der Waals surface area contributed by atoms with E-state index in [0.29, 0.717) is 23.1 Å². The number of benzene rings is 1. The van der Waals surface area contributed by atoms with Crippen LogP contribution in [0.3, 0.4) is 0 Å². The second kappa shape index (κ2) is 9.37. The lowest BCUT2D eigenvalue weighted by Crippen LogP contribution is -2.45. The molecule has 0 radical (unpaired) electrons. The summed E-state index contributed by atoms with van der Waals surface area (Å²) in [6.07, 6.45) is 3.10. The van der Waals surface area contributed by atoms with Crippen LogP contribution in [-0.4, -0.2) is 43.1 Å². The number of carbonyl (C=O) groups excluding carboxylic acids is 1. The first kappa shape index (κ1) is 21.4. The Kier molecular flexibility index (Phi) is 7.44. The van der Waals surface area contributed by atoms with Crippen LogP contribution in [0.1, 0.15) is 43.5 Å². The number of carbonyl (C=O) groups is 1. The molecule has 27 heavy (non-hydrogen) atoms. The molecule has 1 aromatic rings. The van der Waals surface area contributed by atoms with E-state index in [4.69, 9.17) is 0 Å². The fourth-order valence-electron chi connectivity index (χ4n) is 4.18. The fourth-order valence-corrected chi connectivity index (χ4v) is 4.18. The van der Waals surface area contributed by atoms with Gasteiger partial charge in [0.2, 0.25) is 0 Å². The number of anilines is 1. The zero-order valence-electron chi connectivity index (χ0n) is 15.9. The minimum Gasteiger partial charge on any atom is -0.365 e. The Hall–Kier alpha value is -1.86. The van der Waals surface area contributed by atoms with E-state index in [2.05, 4.69) is 29.4 Å². The maximum atomic E-state index is 12.5. The molecule has 3 unspecified atom stereocenters. The van der Waals surface area contributed by atoms with Crippen molar-refractivity contribution in [1.82, 2.24) is 10.6 Å². The lowest BCUT2D eigenvalue weighted by Gasteiger charge is -2.36. The molecule has 0 aliphatic carbocycles. The Morgan fingerprint density at radius 3 is 2.59 bits per heavy atom. The van der Waals surface area contributed by atoms with Crippen LogP contribution in [0, 0.1) is 22.0 Å². The lowest BCUT2D eigenvalue weighted by molar-refractivity contribution is -0.384. The number of nitrogens with one attached hydrogen (secondary N) is 2. The predicted molar refractivity (Wildman–Crippen MR) is 109 cm³/mol. The third-order valence-electron chi connectivity index (χ3n) is 5.28. The zero-order chi connectivity index (χ0) is 18.7. The van der Waals surface area contributed by atoms with Crippen LogP contribution in [0.15, 0.2) is 18.2 Å². The van der Waals surface area contributed by atoms with Gasteiger partial charge in [-0.3, -0.25) is 14.9 Å². The Morgan fingerprint density at radius 2 is 2.00 bits per heavy atom. The Balaban J connectivity index is 0.00000261. The monoisotopic (exact) mass is 396 g/mol. The second-order valence-corrected chi connectivity index (χ2v) is 7.83. The van der Waals surface area contributed by atoms with Crippen LogP contribution >= 0.6 is 12.4 Å². The third-order valence-corrected chi connectivity index (χ3v) is 5.28. The molecule has 1 amide bonds. The number of nitro benzene ring substituents is 1. The molecule has 0 spiro atoms. The summed E-state index contributed by atoms with van der Waals surface area (Å²) in [6, 6.07) is 4.94. The first-order chi connectivity index (χ1) is 12.4. The van der Waals surface area contributed by atoms with Gasteiger partial charge in [-0.2, -0.15) is 0 Å². The maximum Gasteiger partial charge on any atom is 0.293 e. The number of rotatable bonds is 4. The highest BCUT2D eigenvalue weighted by Crippen LogP contribution is 2.33. The van der Waals surface area contributed by atoms with Gasteiger partial charge in [0.1, 0.15) is 5.69 Å². The predicted octanol–water partition coefficient (Wildman–Crippen LogP) is 2.98. The molecule has 150 valence electrons. The van der Waals surface area contributed by atoms with Gasteiger partial charge in [-0.25, -0.2) is 0 Å². The summed E-state index contributed by atoms with van der Waals surface area (Å²) in [5.74, 6) is 0.758. The molecule has 3 rings (SSSR count). The van der Waals surface area contributed by atoms with Crippen LogP contribution in [0.2, 0.25) is 0 Å². The van der Waals surface area contributed by atoms with Crippen molar-refractivity contribution in [2.24, 2.45) is 11.8 Å². The molecule has 2 heterocycles. The number of amides is 1. The average Bonchev–Trinajstić information content (AvgIpc) is 2.61. The number of halogens is 1. The number of nitro groups is 1. The first-order valence-electron chi connectivity index (χ1n) is 9.49. The summed E-state index contributed by atoms with van der Waals surface area (Å²) in [4.78, 5) is 25.8. The number of hydrogen-bond acceptors (Lipinski definition) is 5. The second-order valence-electron chi connectivity index (χ2n) is 7.83. The van der Waals surface area contributed by atoms with Gasteiger partial charge in [-0.15, -0.1) is 12.4 Å². The van der Waals surface area contributed by atoms with Crippen molar-refractivity contribution in [3.63, 3.8) is 0 Å². The quantitative estimate of drug-likeness (QED) is 0.603. The molecule has 2 fully saturated rings. The van der Waals surface area contributed by atoms with Gasteiger partial charge >= 0.3 is 0 Å². The smallest absolute Gasteiger partial charge is 0.293 e. The Bertz CT molecular complexity index is 669. The first-order valence-corrected chi connectivity index (χ1v) is 9.49. The van der Waals surface area contributed by atoms with Gasteiger partial charge in [-0.1, -0.05) is 13.8 Å². The molecular weight excluding hydrogens is 368 g/mol. The van der Waals surface area contributed by atoms with Gasteiger partial charge in [0.15, 0.2) is 0 Å². The van der Waals surface area contributed by atoms with Crippen LogP contribution < -0.4 is 15.5 Å². The highest BCUT2D eigenvalue weighted by Gasteiger charge is 2.28. The van der Waals surface area contributed by atoms with Crippen molar-refractivity contribution in [2.75, 3.05) is 31.1 Å². The maximum absolute atomic E-state index is 12.5. The summed E-state index contributed by atoms with van der Waals surface area (Å²) >= 11 is 0. The molecule has 3 atom stereocenters. The van der Waals surface area contributed by atoms with Crippen molar-refractivity contribution in [1.29, 1.82) is 0 Å². The van der Waals surface area contributed by atoms with Crippen molar-refractivity contribution in [2.45, 2.75) is 39.2 Å². The van der Waals surface area contributed by atoms with Gasteiger partial charge in [0, 0.05) is 37.3 Å². The van der Waals surface area contributed by atoms with Gasteiger partial charge in [0.05, 0.1) is 4.92 Å². The van der Waals surface area contributed by atoms with Crippen LogP contribution in [0.4, 0.5) is 11.4 Å². The topological polar surface area (TPSA) is 87.5 Å². The van der Waals surface area contributed by atoms with E-state index < -0.39 is 0 Å². The molecule has 0 saturated carbocycles. The standard InChI is InChI=1S/C19H28N4O3.ClH/c1-13-8-14(2)12-22(11-13)17-6-5-15(9-18(17)23(25)26)19(24)21-16-4-3-7-20-10-16;/h5-6,9,13-14,16,20H,3-4,7-8,10-12H2,1-2H3,(H,21,24);1H. The van der Waals surface area contributed by atoms with Crippen molar-refractivity contribution in [3.05, 3.63) is 33.9 Å². The average molecular weight is 397 g/mol. The van der Waals surface area contributed by atoms with Crippen LogP contribution in [0.5, 0.6) is 0 Å². The normalized spacial score (nSPS) is 25.4. The Morgan fingerprint density at radius 1 is 1.30 bits per heavy atom. The SMILES string of the molecule is CC1CC(C)CN(c2ccc(C(=O)NC3CCCNC3)cc2[N+](=O)[O-])C1.Cl. The van der Waals surface area contributed by atoms with Gasteiger partial charge < -0.3 is 15.5 Å². The summed E-state index contributed by atoms with van der Waals surface area (Å²) < 4.78 is 0. The molecule has 0 aromatic heterocycles. The van der Waals surface area contributed by atoms with Crippen LogP contribution in [-0.2, 0) is 0 Å². The van der Waals surface area contributed by atoms with E-state index >= 15 is 0 Å². The molecule has 1 aromatic carbocycles. The third kappa shape index (κ3) is 5.32. The molecule has 2 saturated heterocycles. The highest BCUT2D eigenvalue weighted by molar-refractivity contribution is 5.96. The largest absolute Gasteiger partial charge is 0.365 e. The molecule has 8 heteroatoms. The fraction of sp³-hybridized carbons (Fsp3) is 0.632. The molecular formula is C19H29ClN4O3. The highest BCUT2D eigenvalue weighted by atomic mass is 35.5. The zero-order valence-corrected chi connectivity index (χ0v) is 16.8. The molecule has 7 nitrogen and oxygen atoms in total. The van der Waals surface area contributed by atoms with Gasteiger partial charge in [0.25, 0.3) is 11.6 Å².